The van der Waals surface area contributed by atoms with Crippen molar-refractivity contribution in [3.05, 3.63) is 47.3 Å². The highest BCUT2D eigenvalue weighted by Gasteiger charge is 2.08. The molecule has 0 aliphatic carbocycles. The molecule has 6 nitrogen and oxygen atoms in total. The fourth-order valence-electron chi connectivity index (χ4n) is 2.97. The summed E-state index contributed by atoms with van der Waals surface area (Å²) in [7, 11) is 1.80. The average molecular weight is 358 g/mol. The molecule has 1 aromatic carbocycles. The van der Waals surface area contributed by atoms with Gasteiger partial charge in [-0.2, -0.15) is 0 Å². The van der Waals surface area contributed by atoms with Crippen LogP contribution < -0.4 is 15.5 Å². The Morgan fingerprint density at radius 1 is 1.15 bits per heavy atom. The van der Waals surface area contributed by atoms with Crippen LogP contribution >= 0.6 is 0 Å². The summed E-state index contributed by atoms with van der Waals surface area (Å²) in [5.41, 5.74) is 3.42. The van der Waals surface area contributed by atoms with E-state index < -0.39 is 0 Å². The van der Waals surface area contributed by atoms with Crippen molar-refractivity contribution in [2.45, 2.75) is 33.6 Å². The summed E-state index contributed by atoms with van der Waals surface area (Å²) >= 11 is 0. The lowest BCUT2D eigenvalue weighted by Gasteiger charge is -2.23. The molecule has 26 heavy (non-hydrogen) atoms. The summed E-state index contributed by atoms with van der Waals surface area (Å²) in [6.07, 6.45) is 1.92. The molecular weight excluding hydrogens is 326 g/mol. The normalized spacial score (nSPS) is 11.5. The van der Waals surface area contributed by atoms with E-state index in [2.05, 4.69) is 62.9 Å². The Kier molecular flexibility index (Phi) is 7.99. The quantitative estimate of drug-likeness (QED) is 0.410. The number of para-hydroxylation sites is 1. The van der Waals surface area contributed by atoms with Gasteiger partial charge in [-0.15, -0.1) is 0 Å². The van der Waals surface area contributed by atoms with Crippen LogP contribution in [-0.2, 0) is 6.42 Å². The van der Waals surface area contributed by atoms with E-state index in [9.17, 15) is 0 Å². The molecule has 0 aliphatic heterocycles. The Labute approximate surface area is 156 Å². The number of nitrogens with one attached hydrogen (secondary N) is 2. The van der Waals surface area contributed by atoms with Crippen LogP contribution in [0.3, 0.4) is 0 Å². The van der Waals surface area contributed by atoms with Gasteiger partial charge in [0.2, 0.25) is 0 Å². The lowest BCUT2D eigenvalue weighted by atomic mass is 10.1. The third-order valence-corrected chi connectivity index (χ3v) is 4.47. The molecule has 0 amide bonds. The molecule has 0 unspecified atom stereocenters. The molecule has 2 aromatic rings. The van der Waals surface area contributed by atoms with E-state index in [0.29, 0.717) is 0 Å². The Morgan fingerprint density at radius 3 is 2.50 bits per heavy atom. The molecule has 2 rings (SSSR count). The minimum Gasteiger partial charge on any atom is -0.372 e. The van der Waals surface area contributed by atoms with Gasteiger partial charge in [-0.05, 0) is 45.7 Å². The second kappa shape index (κ2) is 10.5. The maximum absolute atomic E-state index is 5.20. The summed E-state index contributed by atoms with van der Waals surface area (Å²) in [6, 6.07) is 10.5. The second-order valence-electron chi connectivity index (χ2n) is 6.25. The van der Waals surface area contributed by atoms with Crippen LogP contribution in [0.5, 0.6) is 0 Å². The Bertz CT molecular complexity index is 661. The van der Waals surface area contributed by atoms with Gasteiger partial charge < -0.3 is 20.1 Å². The van der Waals surface area contributed by atoms with Gasteiger partial charge in [-0.1, -0.05) is 23.4 Å². The molecule has 1 heterocycles. The number of aryl methyl sites for hydroxylation is 2. The van der Waals surface area contributed by atoms with Gasteiger partial charge in [-0.3, -0.25) is 4.99 Å². The first-order valence-electron chi connectivity index (χ1n) is 9.32. The predicted molar refractivity (Wildman–Crippen MR) is 108 cm³/mol. The molecule has 142 valence electrons. The Balaban J connectivity index is 1.68. The lowest BCUT2D eigenvalue weighted by molar-refractivity contribution is 0.392. The standard InChI is InChI=1S/C20H31N5O/c1-5-25(18-10-7-6-8-11-18)15-9-13-22-20(21-4)23-14-12-19-16(2)24-26-17(19)3/h6-8,10-11H,5,9,12-15H2,1-4H3,(H2,21,22,23). The molecule has 0 spiro atoms. The van der Waals surface area contributed by atoms with Gasteiger partial charge in [0.1, 0.15) is 5.76 Å². The summed E-state index contributed by atoms with van der Waals surface area (Å²) in [4.78, 5) is 6.67. The van der Waals surface area contributed by atoms with Crippen molar-refractivity contribution in [3.63, 3.8) is 0 Å². The topological polar surface area (TPSA) is 65.7 Å². The summed E-state index contributed by atoms with van der Waals surface area (Å²) in [5, 5.41) is 10.7. The first kappa shape index (κ1) is 19.8. The van der Waals surface area contributed by atoms with Crippen molar-refractivity contribution in [2.75, 3.05) is 38.1 Å². The maximum Gasteiger partial charge on any atom is 0.190 e. The SMILES string of the molecule is CCN(CCCNC(=NC)NCCc1c(C)noc1C)c1ccccc1. The third-order valence-electron chi connectivity index (χ3n) is 4.47. The molecule has 1 aromatic heterocycles. The number of aromatic nitrogens is 1. The van der Waals surface area contributed by atoms with Crippen molar-refractivity contribution in [1.29, 1.82) is 0 Å². The van der Waals surface area contributed by atoms with Gasteiger partial charge in [0.15, 0.2) is 5.96 Å². The van der Waals surface area contributed by atoms with Crippen LogP contribution in [0.25, 0.3) is 0 Å². The van der Waals surface area contributed by atoms with Crippen LogP contribution in [0.4, 0.5) is 5.69 Å². The monoisotopic (exact) mass is 357 g/mol. The van der Waals surface area contributed by atoms with Crippen molar-refractivity contribution in [3.8, 4) is 0 Å². The molecule has 0 atom stereocenters. The van der Waals surface area contributed by atoms with Crippen LogP contribution in [0.1, 0.15) is 30.4 Å². The number of nitrogens with zero attached hydrogens (tertiary/aromatic N) is 3. The highest BCUT2D eigenvalue weighted by molar-refractivity contribution is 5.79. The number of benzene rings is 1. The number of hydrogen-bond donors (Lipinski definition) is 2. The van der Waals surface area contributed by atoms with E-state index >= 15 is 0 Å². The molecule has 0 aliphatic rings. The zero-order valence-electron chi connectivity index (χ0n) is 16.4. The van der Waals surface area contributed by atoms with E-state index in [0.717, 1.165) is 56.4 Å². The number of anilines is 1. The van der Waals surface area contributed by atoms with Crippen molar-refractivity contribution >= 4 is 11.6 Å². The minimum absolute atomic E-state index is 0.799. The highest BCUT2D eigenvalue weighted by atomic mass is 16.5. The van der Waals surface area contributed by atoms with E-state index in [4.69, 9.17) is 4.52 Å². The summed E-state index contributed by atoms with van der Waals surface area (Å²) in [5.74, 6) is 1.73. The lowest BCUT2D eigenvalue weighted by Crippen LogP contribution is -2.39. The van der Waals surface area contributed by atoms with Crippen LogP contribution in [0, 0.1) is 13.8 Å². The smallest absolute Gasteiger partial charge is 0.190 e. The van der Waals surface area contributed by atoms with Crippen LogP contribution in [-0.4, -0.2) is 44.3 Å². The third kappa shape index (κ3) is 5.79. The summed E-state index contributed by atoms with van der Waals surface area (Å²) in [6.45, 7) is 9.83. The molecule has 6 heteroatoms. The number of aliphatic imine (C=N–C) groups is 1. The molecule has 0 fully saturated rings. The largest absolute Gasteiger partial charge is 0.372 e. The Morgan fingerprint density at radius 2 is 1.88 bits per heavy atom. The van der Waals surface area contributed by atoms with E-state index in [-0.39, 0.29) is 0 Å². The predicted octanol–water partition coefficient (Wildman–Crippen LogP) is 2.92. The van der Waals surface area contributed by atoms with E-state index in [1.54, 1.807) is 7.05 Å². The van der Waals surface area contributed by atoms with Crippen molar-refractivity contribution in [2.24, 2.45) is 4.99 Å². The van der Waals surface area contributed by atoms with Crippen molar-refractivity contribution in [1.82, 2.24) is 15.8 Å². The molecule has 2 N–H and O–H groups in total. The van der Waals surface area contributed by atoms with Gasteiger partial charge >= 0.3 is 0 Å². The van der Waals surface area contributed by atoms with Gasteiger partial charge in [0.05, 0.1) is 5.69 Å². The van der Waals surface area contributed by atoms with Crippen LogP contribution in [0.15, 0.2) is 39.8 Å². The molecular formula is C20H31N5O. The molecule has 0 radical (unpaired) electrons. The minimum atomic E-state index is 0.799. The average Bonchev–Trinajstić information content (AvgIpc) is 2.99. The van der Waals surface area contributed by atoms with Gasteiger partial charge in [0.25, 0.3) is 0 Å². The molecule has 0 saturated carbocycles. The number of hydrogen-bond acceptors (Lipinski definition) is 4. The fourth-order valence-corrected chi connectivity index (χ4v) is 2.97. The van der Waals surface area contributed by atoms with E-state index in [1.165, 1.54) is 11.3 Å². The van der Waals surface area contributed by atoms with Crippen molar-refractivity contribution < 1.29 is 4.52 Å². The van der Waals surface area contributed by atoms with Crippen LogP contribution in [0.2, 0.25) is 0 Å². The first-order valence-corrected chi connectivity index (χ1v) is 9.32. The zero-order valence-corrected chi connectivity index (χ0v) is 16.4. The van der Waals surface area contributed by atoms with Gasteiger partial charge in [-0.25, -0.2) is 0 Å². The number of rotatable bonds is 9. The second-order valence-corrected chi connectivity index (χ2v) is 6.25. The highest BCUT2D eigenvalue weighted by Crippen LogP contribution is 2.13. The first-order chi connectivity index (χ1) is 12.7. The Hall–Kier alpha value is -2.50. The number of guanidine groups is 1. The van der Waals surface area contributed by atoms with E-state index in [1.807, 2.05) is 13.8 Å². The fraction of sp³-hybridized carbons (Fsp3) is 0.500. The summed E-state index contributed by atoms with van der Waals surface area (Å²) < 4.78 is 5.20. The van der Waals surface area contributed by atoms with Gasteiger partial charge in [0, 0.05) is 44.5 Å². The molecule has 0 saturated heterocycles. The maximum atomic E-state index is 5.20. The zero-order chi connectivity index (χ0) is 18.8. The molecule has 0 bridgehead atoms.